The van der Waals surface area contributed by atoms with Crippen LogP contribution in [0.4, 0.5) is 14.5 Å². The molecule has 0 bridgehead atoms. The number of nitrogens with zero attached hydrogens (tertiary/aromatic N) is 1. The number of hydrogen-bond donors (Lipinski definition) is 1. The van der Waals surface area contributed by atoms with Gasteiger partial charge in [-0.2, -0.15) is 0 Å². The van der Waals surface area contributed by atoms with Gasteiger partial charge in [0.1, 0.15) is 17.3 Å². The summed E-state index contributed by atoms with van der Waals surface area (Å²) < 4.78 is 28.4. The van der Waals surface area contributed by atoms with E-state index in [9.17, 15) is 8.78 Å². The Bertz CT molecular complexity index is 562. The van der Waals surface area contributed by atoms with Crippen molar-refractivity contribution in [2.24, 2.45) is 0 Å². The average Bonchev–Trinajstić information content (AvgIpc) is 2.45. The lowest BCUT2D eigenvalue weighted by Gasteiger charge is -2.21. The van der Waals surface area contributed by atoms with Gasteiger partial charge in [-0.3, -0.25) is 0 Å². The van der Waals surface area contributed by atoms with E-state index in [0.717, 1.165) is 12.1 Å². The standard InChI is InChI=1S/C17H20F2N2/c1-3-20-11-14-9-15(18)17(16(19)10-14)21(2)12-13-7-5-4-6-8-13/h4-10,20H,3,11-12H2,1-2H3. The Morgan fingerprint density at radius 2 is 1.62 bits per heavy atom. The summed E-state index contributed by atoms with van der Waals surface area (Å²) in [6.07, 6.45) is 0. The van der Waals surface area contributed by atoms with Gasteiger partial charge in [0.05, 0.1) is 0 Å². The van der Waals surface area contributed by atoms with Crippen LogP contribution in [0.2, 0.25) is 0 Å². The minimum absolute atomic E-state index is 0.0131. The molecule has 2 aromatic rings. The fourth-order valence-electron chi connectivity index (χ4n) is 2.29. The summed E-state index contributed by atoms with van der Waals surface area (Å²) in [5, 5.41) is 3.06. The zero-order valence-electron chi connectivity index (χ0n) is 12.4. The molecule has 0 saturated heterocycles. The van der Waals surface area contributed by atoms with Gasteiger partial charge in [-0.25, -0.2) is 8.78 Å². The lowest BCUT2D eigenvalue weighted by atomic mass is 10.1. The van der Waals surface area contributed by atoms with Gasteiger partial charge in [-0.15, -0.1) is 0 Å². The molecule has 0 aliphatic heterocycles. The van der Waals surface area contributed by atoms with Crippen molar-refractivity contribution in [3.05, 3.63) is 65.2 Å². The van der Waals surface area contributed by atoms with E-state index in [0.29, 0.717) is 18.7 Å². The molecule has 2 aromatic carbocycles. The van der Waals surface area contributed by atoms with Gasteiger partial charge in [0.2, 0.25) is 0 Å². The first kappa shape index (κ1) is 15.4. The van der Waals surface area contributed by atoms with Crippen molar-refractivity contribution in [2.45, 2.75) is 20.0 Å². The van der Waals surface area contributed by atoms with Gasteiger partial charge in [-0.05, 0) is 29.8 Å². The summed E-state index contributed by atoms with van der Waals surface area (Å²) in [4.78, 5) is 1.59. The maximum absolute atomic E-state index is 14.2. The second-order valence-corrected chi connectivity index (χ2v) is 5.03. The molecule has 0 spiro atoms. The Balaban J connectivity index is 2.19. The molecule has 0 saturated carbocycles. The Hall–Kier alpha value is -1.94. The minimum Gasteiger partial charge on any atom is -0.366 e. The second kappa shape index (κ2) is 7.18. The molecular weight excluding hydrogens is 270 g/mol. The molecule has 2 nitrogen and oxygen atoms in total. The Kier molecular flexibility index (Phi) is 5.28. The van der Waals surface area contributed by atoms with Gasteiger partial charge >= 0.3 is 0 Å². The van der Waals surface area contributed by atoms with E-state index in [1.165, 1.54) is 12.1 Å². The smallest absolute Gasteiger partial charge is 0.149 e. The van der Waals surface area contributed by atoms with E-state index < -0.39 is 11.6 Å². The van der Waals surface area contributed by atoms with Crippen LogP contribution in [0.3, 0.4) is 0 Å². The molecular formula is C17H20F2N2. The highest BCUT2D eigenvalue weighted by atomic mass is 19.1. The zero-order chi connectivity index (χ0) is 15.2. The predicted octanol–water partition coefficient (Wildman–Crippen LogP) is 3.71. The van der Waals surface area contributed by atoms with Crippen molar-refractivity contribution in [3.63, 3.8) is 0 Å². The second-order valence-electron chi connectivity index (χ2n) is 5.03. The molecule has 0 fully saturated rings. The van der Waals surface area contributed by atoms with E-state index in [2.05, 4.69) is 5.32 Å². The SMILES string of the molecule is CCNCc1cc(F)c(N(C)Cc2ccccc2)c(F)c1. The first-order valence-electron chi connectivity index (χ1n) is 7.05. The monoisotopic (exact) mass is 290 g/mol. The summed E-state index contributed by atoms with van der Waals surface area (Å²) in [6.45, 7) is 3.64. The zero-order valence-corrected chi connectivity index (χ0v) is 12.4. The first-order valence-corrected chi connectivity index (χ1v) is 7.05. The maximum atomic E-state index is 14.2. The van der Waals surface area contributed by atoms with Crippen LogP contribution in [-0.4, -0.2) is 13.6 Å². The average molecular weight is 290 g/mol. The largest absolute Gasteiger partial charge is 0.366 e. The van der Waals surface area contributed by atoms with Crippen LogP contribution in [0.5, 0.6) is 0 Å². The molecule has 112 valence electrons. The lowest BCUT2D eigenvalue weighted by molar-refractivity contribution is 0.570. The summed E-state index contributed by atoms with van der Waals surface area (Å²) in [5.74, 6) is -1.05. The number of halogens is 2. The van der Waals surface area contributed by atoms with Crippen LogP contribution >= 0.6 is 0 Å². The fourth-order valence-corrected chi connectivity index (χ4v) is 2.29. The van der Waals surface area contributed by atoms with Crippen molar-refractivity contribution >= 4 is 5.69 Å². The molecule has 0 amide bonds. The molecule has 2 rings (SSSR count). The van der Waals surface area contributed by atoms with Gasteiger partial charge in [-0.1, -0.05) is 37.3 Å². The molecule has 0 aliphatic carbocycles. The van der Waals surface area contributed by atoms with Crippen LogP contribution in [0.25, 0.3) is 0 Å². The fraction of sp³-hybridized carbons (Fsp3) is 0.294. The van der Waals surface area contributed by atoms with Gasteiger partial charge in [0, 0.05) is 20.1 Å². The highest BCUT2D eigenvalue weighted by Gasteiger charge is 2.15. The van der Waals surface area contributed by atoms with E-state index in [1.807, 2.05) is 37.3 Å². The van der Waals surface area contributed by atoms with Gasteiger partial charge in [0.25, 0.3) is 0 Å². The van der Waals surface area contributed by atoms with Crippen molar-refractivity contribution in [3.8, 4) is 0 Å². The van der Waals surface area contributed by atoms with Crippen molar-refractivity contribution < 1.29 is 8.78 Å². The minimum atomic E-state index is -0.527. The normalized spacial score (nSPS) is 10.7. The molecule has 21 heavy (non-hydrogen) atoms. The highest BCUT2D eigenvalue weighted by Crippen LogP contribution is 2.25. The van der Waals surface area contributed by atoms with Crippen LogP contribution < -0.4 is 10.2 Å². The highest BCUT2D eigenvalue weighted by molar-refractivity contribution is 5.50. The molecule has 0 aromatic heterocycles. The molecule has 0 heterocycles. The Labute approximate surface area is 124 Å². The van der Waals surface area contributed by atoms with Crippen molar-refractivity contribution in [2.75, 3.05) is 18.5 Å². The number of benzene rings is 2. The lowest BCUT2D eigenvalue weighted by Crippen LogP contribution is -2.20. The van der Waals surface area contributed by atoms with Gasteiger partial charge in [0.15, 0.2) is 0 Å². The molecule has 1 N–H and O–H groups in total. The number of anilines is 1. The molecule has 0 atom stereocenters. The first-order chi connectivity index (χ1) is 10.1. The Morgan fingerprint density at radius 3 is 2.19 bits per heavy atom. The van der Waals surface area contributed by atoms with Crippen LogP contribution in [0.15, 0.2) is 42.5 Å². The van der Waals surface area contributed by atoms with Crippen LogP contribution in [-0.2, 0) is 13.1 Å². The van der Waals surface area contributed by atoms with E-state index in [4.69, 9.17) is 0 Å². The third-order valence-electron chi connectivity index (χ3n) is 3.30. The summed E-state index contributed by atoms with van der Waals surface area (Å²) >= 11 is 0. The molecule has 4 heteroatoms. The molecule has 0 unspecified atom stereocenters. The molecule has 0 radical (unpaired) electrons. The molecule has 0 aliphatic rings. The topological polar surface area (TPSA) is 15.3 Å². The third-order valence-corrected chi connectivity index (χ3v) is 3.30. The van der Waals surface area contributed by atoms with E-state index >= 15 is 0 Å². The number of hydrogen-bond acceptors (Lipinski definition) is 2. The Morgan fingerprint density at radius 1 is 1.00 bits per heavy atom. The quantitative estimate of drug-likeness (QED) is 0.872. The maximum Gasteiger partial charge on any atom is 0.149 e. The third kappa shape index (κ3) is 4.02. The summed E-state index contributed by atoms with van der Waals surface area (Å²) in [7, 11) is 1.69. The van der Waals surface area contributed by atoms with Crippen LogP contribution in [0, 0.1) is 11.6 Å². The number of nitrogens with one attached hydrogen (secondary N) is 1. The summed E-state index contributed by atoms with van der Waals surface area (Å²) in [5.41, 5.74) is 1.64. The van der Waals surface area contributed by atoms with E-state index in [-0.39, 0.29) is 5.69 Å². The van der Waals surface area contributed by atoms with Crippen molar-refractivity contribution in [1.29, 1.82) is 0 Å². The van der Waals surface area contributed by atoms with Gasteiger partial charge < -0.3 is 10.2 Å². The predicted molar refractivity (Wildman–Crippen MR) is 82.3 cm³/mol. The van der Waals surface area contributed by atoms with Crippen molar-refractivity contribution in [1.82, 2.24) is 5.32 Å². The van der Waals surface area contributed by atoms with E-state index in [1.54, 1.807) is 11.9 Å². The van der Waals surface area contributed by atoms with Crippen LogP contribution in [0.1, 0.15) is 18.1 Å². The summed E-state index contributed by atoms with van der Waals surface area (Å²) in [6, 6.07) is 12.4. The number of rotatable bonds is 6.